The van der Waals surface area contributed by atoms with E-state index in [0.717, 1.165) is 10.5 Å². The van der Waals surface area contributed by atoms with E-state index in [1.54, 1.807) is 88.5 Å². The zero-order valence-corrected chi connectivity index (χ0v) is 45.8. The number of aliphatic hydroxyl groups is 2. The molecule has 1 aromatic heterocycles. The predicted molar refractivity (Wildman–Crippen MR) is 285 cm³/mol. The molecule has 1 unspecified atom stereocenters. The van der Waals surface area contributed by atoms with Crippen molar-refractivity contribution >= 4 is 52.3 Å². The van der Waals surface area contributed by atoms with Crippen molar-refractivity contribution in [1.29, 1.82) is 0 Å². The van der Waals surface area contributed by atoms with Crippen LogP contribution in [0.4, 0.5) is 0 Å². The summed E-state index contributed by atoms with van der Waals surface area (Å²) in [5.74, 6) is -7.52. The van der Waals surface area contributed by atoms with Gasteiger partial charge in [-0.1, -0.05) is 108 Å². The summed E-state index contributed by atoms with van der Waals surface area (Å²) >= 11 is 0. The maximum absolute atomic E-state index is 15.4. The Balaban J connectivity index is 2.02. The maximum Gasteiger partial charge on any atom is 0.248 e. The second kappa shape index (κ2) is 26.2. The second-order valence-corrected chi connectivity index (χ2v) is 21.4. The number of nitrogens with one attached hydrogen (secondary N) is 5. The fraction of sp³-hybridized carbons (Fsp3) is 0.554. The van der Waals surface area contributed by atoms with Gasteiger partial charge in [0.2, 0.25) is 41.4 Å². The predicted octanol–water partition coefficient (Wildman–Crippen LogP) is 4.42. The number of carbonyl (C=O) groups is 7. The van der Waals surface area contributed by atoms with Gasteiger partial charge < -0.3 is 55.9 Å². The van der Waals surface area contributed by atoms with Crippen molar-refractivity contribution in [2.45, 2.75) is 149 Å². The lowest BCUT2D eigenvalue weighted by molar-refractivity contribution is -0.146. The van der Waals surface area contributed by atoms with E-state index < -0.39 is 119 Å². The Hall–Kier alpha value is -6.37. The molecule has 406 valence electrons. The lowest BCUT2D eigenvalue weighted by Gasteiger charge is -2.36. The highest BCUT2D eigenvalue weighted by molar-refractivity contribution is 5.99. The minimum atomic E-state index is -1.81. The molecule has 2 heterocycles. The van der Waals surface area contributed by atoms with Crippen LogP contribution in [0.3, 0.4) is 0 Å². The van der Waals surface area contributed by atoms with E-state index >= 15 is 9.59 Å². The quantitative estimate of drug-likeness (QED) is 0.106. The molecule has 0 radical (unpaired) electrons. The monoisotopic (exact) mass is 1030 g/mol. The molecule has 2 aromatic carbocycles. The summed E-state index contributed by atoms with van der Waals surface area (Å²) in [5, 5.41) is 37.5. The maximum atomic E-state index is 15.4. The molecule has 74 heavy (non-hydrogen) atoms. The molecule has 4 rings (SSSR count). The number of aromatic nitrogens is 1. The molecule has 0 bridgehead atoms. The first kappa shape index (κ1) is 60.2. The number of carbonyl (C=O) groups excluding carboxylic acids is 7. The molecule has 18 nitrogen and oxygen atoms in total. The number of hydrogen-bond donors (Lipinski definition) is 7. The number of benzene rings is 2. The SMILES string of the molecule is C=CC(C)(C)n1cc(C(O)[C@@H]2NC(=O)[C@H]([C@H](C)C=C(C)C)NC(=O)[C@H](CC(C)C)N(C)C(=O)[C@H](C(C)C)NC(=O)[C@H]([C@H](OC)c3ccccc3)NC(=O)[C@H](C)NC(=O)[C@H](C[C@@H](C)CO)N(C)C2=O)c2ccccc21. The molecule has 7 N–H and O–H groups in total. The van der Waals surface area contributed by atoms with Crippen LogP contribution in [0.2, 0.25) is 0 Å². The molecule has 18 heteroatoms. The Labute approximate surface area is 437 Å². The van der Waals surface area contributed by atoms with E-state index in [1.807, 2.05) is 58.2 Å². The highest BCUT2D eigenvalue weighted by Crippen LogP contribution is 2.34. The number of ether oxygens (including phenoxy) is 1. The van der Waals surface area contributed by atoms with Gasteiger partial charge in [0.15, 0.2) is 0 Å². The summed E-state index contributed by atoms with van der Waals surface area (Å²) in [6.45, 7) is 23.1. The number of aliphatic hydroxyl groups excluding tert-OH is 2. The summed E-state index contributed by atoms with van der Waals surface area (Å²) in [5.41, 5.74) is 1.59. The fourth-order valence-corrected chi connectivity index (χ4v) is 9.35. The van der Waals surface area contributed by atoms with Gasteiger partial charge in [0.05, 0.1) is 5.54 Å². The molecule has 1 aliphatic heterocycles. The van der Waals surface area contributed by atoms with Gasteiger partial charge in [-0.25, -0.2) is 0 Å². The lowest BCUT2D eigenvalue weighted by atomic mass is 9.94. The summed E-state index contributed by atoms with van der Waals surface area (Å²) in [6, 6.07) is 6.04. The zero-order valence-electron chi connectivity index (χ0n) is 45.8. The first-order valence-electron chi connectivity index (χ1n) is 25.5. The van der Waals surface area contributed by atoms with E-state index in [4.69, 9.17) is 4.74 Å². The van der Waals surface area contributed by atoms with E-state index in [9.17, 15) is 34.2 Å². The summed E-state index contributed by atoms with van der Waals surface area (Å²) < 4.78 is 7.76. The molecular weight excluding hydrogens is 945 g/mol. The van der Waals surface area contributed by atoms with Crippen LogP contribution in [0.5, 0.6) is 0 Å². The van der Waals surface area contributed by atoms with Crippen molar-refractivity contribution in [1.82, 2.24) is 41.0 Å². The van der Waals surface area contributed by atoms with Gasteiger partial charge in [0, 0.05) is 56.4 Å². The normalized spacial score (nSPS) is 24.2. The fourth-order valence-electron chi connectivity index (χ4n) is 9.35. The van der Waals surface area contributed by atoms with Crippen molar-refractivity contribution in [2.75, 3.05) is 27.8 Å². The van der Waals surface area contributed by atoms with E-state index in [1.165, 1.54) is 33.0 Å². The number of amides is 7. The minimum Gasteiger partial charge on any atom is -0.396 e. The van der Waals surface area contributed by atoms with Crippen molar-refractivity contribution in [2.24, 2.45) is 23.7 Å². The van der Waals surface area contributed by atoms with Gasteiger partial charge in [0.1, 0.15) is 54.5 Å². The summed E-state index contributed by atoms with van der Waals surface area (Å²) in [4.78, 5) is 106. The van der Waals surface area contributed by atoms with E-state index in [0.29, 0.717) is 16.5 Å². The number of nitrogens with zero attached hydrogens (tertiary/aromatic N) is 3. The van der Waals surface area contributed by atoms with Crippen LogP contribution in [0.1, 0.15) is 112 Å². The zero-order chi connectivity index (χ0) is 55.5. The Bertz CT molecular complexity index is 2500. The van der Waals surface area contributed by atoms with Crippen LogP contribution in [-0.2, 0) is 43.8 Å². The third-order valence-electron chi connectivity index (χ3n) is 13.9. The largest absolute Gasteiger partial charge is 0.396 e. The van der Waals surface area contributed by atoms with Crippen molar-refractivity contribution in [3.63, 3.8) is 0 Å². The number of hydrogen-bond acceptors (Lipinski definition) is 10. The topological polar surface area (TPSA) is 241 Å². The number of methoxy groups -OCH3 is 1. The van der Waals surface area contributed by atoms with Gasteiger partial charge >= 0.3 is 0 Å². The Kier molecular flexibility index (Phi) is 21.3. The Morgan fingerprint density at radius 3 is 1.78 bits per heavy atom. The Morgan fingerprint density at radius 1 is 0.716 bits per heavy atom. The van der Waals surface area contributed by atoms with E-state index in [2.05, 4.69) is 33.2 Å². The van der Waals surface area contributed by atoms with Crippen LogP contribution in [0, 0.1) is 23.7 Å². The van der Waals surface area contributed by atoms with Crippen molar-refractivity contribution in [3.8, 4) is 0 Å². The third kappa shape index (κ3) is 14.5. The van der Waals surface area contributed by atoms with Crippen LogP contribution in [0.25, 0.3) is 10.9 Å². The molecule has 0 saturated carbocycles. The van der Waals surface area contributed by atoms with Crippen LogP contribution < -0.4 is 26.6 Å². The first-order valence-corrected chi connectivity index (χ1v) is 25.5. The first-order chi connectivity index (χ1) is 34.7. The number of para-hydroxylation sites is 1. The molecule has 7 amide bonds. The molecule has 0 aliphatic carbocycles. The smallest absolute Gasteiger partial charge is 0.248 e. The summed E-state index contributed by atoms with van der Waals surface area (Å²) in [6.07, 6.45) is 2.34. The standard InChI is InChI=1S/C56H82N8O10/c1-16-56(11,12)64-29-39(38-24-20-21-25-40(38)64)47(66)45-55(73)63(14)42(28-34(8)30-65)50(68)57-36(10)49(67)61-46(48(74-15)37-22-18-17-19-23-37)53(71)58-43(33(6)7)54(72)62(13)41(27-32(4)5)51(69)59-44(52(70)60-45)35(9)26-31(2)3/h16-26,29,32-36,41-48,65-66H,1,27-28,30H2,2-15H3,(H,57,68)(H,58,71)(H,59,69)(H,60,70)(H,61,67)/t34-,35-,36+,41+,42+,43+,44+,45+,46+,47?,48-/m1/s1. The van der Waals surface area contributed by atoms with E-state index in [-0.39, 0.29) is 30.9 Å². The van der Waals surface area contributed by atoms with Gasteiger partial charge in [-0.3, -0.25) is 33.6 Å². The van der Waals surface area contributed by atoms with Gasteiger partial charge in [0.25, 0.3) is 0 Å². The average Bonchev–Trinajstić information content (AvgIpc) is 3.76. The molecule has 1 saturated heterocycles. The number of rotatable bonds is 15. The average molecular weight is 1030 g/mol. The third-order valence-corrected chi connectivity index (χ3v) is 13.9. The number of fused-ring (bicyclic) bond motifs is 1. The van der Waals surface area contributed by atoms with Gasteiger partial charge in [-0.05, 0) is 76.8 Å². The second-order valence-electron chi connectivity index (χ2n) is 21.4. The van der Waals surface area contributed by atoms with Crippen LogP contribution in [0.15, 0.2) is 85.1 Å². The molecule has 11 atom stereocenters. The van der Waals surface area contributed by atoms with Crippen LogP contribution >= 0.6 is 0 Å². The minimum absolute atomic E-state index is 0.126. The molecular formula is C56H82N8O10. The summed E-state index contributed by atoms with van der Waals surface area (Å²) in [7, 11) is 4.15. The molecule has 3 aromatic rings. The lowest BCUT2D eigenvalue weighted by Crippen LogP contribution is -2.62. The van der Waals surface area contributed by atoms with Gasteiger partial charge in [-0.15, -0.1) is 6.58 Å². The number of allylic oxidation sites excluding steroid dienone is 2. The number of likely N-dealkylation sites (N-methyl/N-ethyl adjacent to an activating group) is 2. The highest BCUT2D eigenvalue weighted by Gasteiger charge is 2.43. The molecule has 1 aliphatic rings. The highest BCUT2D eigenvalue weighted by atomic mass is 16.5. The van der Waals surface area contributed by atoms with Gasteiger partial charge in [-0.2, -0.15) is 0 Å². The molecule has 1 fully saturated rings. The van der Waals surface area contributed by atoms with Crippen molar-refractivity contribution in [3.05, 3.63) is 96.2 Å². The van der Waals surface area contributed by atoms with Crippen molar-refractivity contribution < 1.29 is 48.5 Å². The van der Waals surface area contributed by atoms with Crippen LogP contribution in [-0.4, -0.2) is 136 Å². The Morgan fingerprint density at radius 2 is 1.23 bits per heavy atom. The molecule has 0 spiro atoms.